The molecular formula is C13H23N3O. The van der Waals surface area contributed by atoms with Gasteiger partial charge in [0.2, 0.25) is 0 Å². The fourth-order valence-corrected chi connectivity index (χ4v) is 2.68. The Kier molecular flexibility index (Phi) is 4.18. The van der Waals surface area contributed by atoms with Crippen LogP contribution in [0.3, 0.4) is 0 Å². The molecule has 4 nitrogen and oxygen atoms in total. The lowest BCUT2D eigenvalue weighted by molar-refractivity contribution is 0.0653. The van der Waals surface area contributed by atoms with Gasteiger partial charge in [-0.15, -0.1) is 0 Å². The third-order valence-corrected chi connectivity index (χ3v) is 3.61. The van der Waals surface area contributed by atoms with Crippen LogP contribution in [0.1, 0.15) is 49.7 Å². The number of nitrogens with two attached hydrogens (primary N) is 1. The molecule has 0 radical (unpaired) electrons. The van der Waals surface area contributed by atoms with Gasteiger partial charge < -0.3 is 10.5 Å². The maximum Gasteiger partial charge on any atom is 0.0669 e. The summed E-state index contributed by atoms with van der Waals surface area (Å²) in [6, 6.07) is 0.504. The van der Waals surface area contributed by atoms with Crippen LogP contribution >= 0.6 is 0 Å². The molecular weight excluding hydrogens is 214 g/mol. The van der Waals surface area contributed by atoms with Gasteiger partial charge in [0.15, 0.2) is 0 Å². The van der Waals surface area contributed by atoms with Gasteiger partial charge in [0.05, 0.1) is 11.7 Å². The van der Waals surface area contributed by atoms with Crippen LogP contribution in [0, 0.1) is 0 Å². The summed E-state index contributed by atoms with van der Waals surface area (Å²) in [6.07, 6.45) is 4.12. The quantitative estimate of drug-likeness (QED) is 0.869. The van der Waals surface area contributed by atoms with Gasteiger partial charge in [-0.1, -0.05) is 13.8 Å². The fourth-order valence-electron chi connectivity index (χ4n) is 2.68. The van der Waals surface area contributed by atoms with Gasteiger partial charge in [-0.2, -0.15) is 5.10 Å². The Hall–Kier alpha value is -0.870. The number of nitrogens with zero attached hydrogens (tertiary/aromatic N) is 2. The smallest absolute Gasteiger partial charge is 0.0669 e. The molecule has 1 saturated heterocycles. The molecule has 0 amide bonds. The van der Waals surface area contributed by atoms with E-state index in [1.54, 1.807) is 0 Å². The minimum Gasteiger partial charge on any atom is -0.381 e. The number of rotatable bonds is 4. The lowest BCUT2D eigenvalue weighted by Crippen LogP contribution is -2.22. The second-order valence-electron chi connectivity index (χ2n) is 4.57. The zero-order valence-corrected chi connectivity index (χ0v) is 10.9. The predicted octanol–water partition coefficient (Wildman–Crippen LogP) is 1.82. The molecule has 0 aromatic carbocycles. The van der Waals surface area contributed by atoms with E-state index in [0.717, 1.165) is 38.9 Å². The first-order valence-corrected chi connectivity index (χ1v) is 6.68. The second kappa shape index (κ2) is 5.65. The summed E-state index contributed by atoms with van der Waals surface area (Å²) in [7, 11) is 0. The number of aromatic nitrogens is 2. The van der Waals surface area contributed by atoms with Crippen LogP contribution in [0.5, 0.6) is 0 Å². The van der Waals surface area contributed by atoms with Crippen LogP contribution < -0.4 is 5.73 Å². The molecule has 0 bridgehead atoms. The Labute approximate surface area is 103 Å². The highest BCUT2D eigenvalue weighted by molar-refractivity contribution is 5.27. The van der Waals surface area contributed by atoms with E-state index in [4.69, 9.17) is 15.6 Å². The van der Waals surface area contributed by atoms with Crippen LogP contribution in [0.25, 0.3) is 0 Å². The standard InChI is InChI=1S/C13H23N3O/c1-3-12-11(9-14)13(4-2)16(15-12)10-5-7-17-8-6-10/h10H,3-9,14H2,1-2H3. The van der Waals surface area contributed by atoms with Gasteiger partial charge in [0.1, 0.15) is 0 Å². The van der Waals surface area contributed by atoms with Gasteiger partial charge in [-0.25, -0.2) is 0 Å². The molecule has 17 heavy (non-hydrogen) atoms. The van der Waals surface area contributed by atoms with E-state index < -0.39 is 0 Å². The zero-order valence-electron chi connectivity index (χ0n) is 10.9. The Morgan fingerprint density at radius 2 is 2.00 bits per heavy atom. The molecule has 2 N–H and O–H groups in total. The summed E-state index contributed by atoms with van der Waals surface area (Å²) in [5.41, 5.74) is 9.64. The van der Waals surface area contributed by atoms with Crippen molar-refractivity contribution >= 4 is 0 Å². The van der Waals surface area contributed by atoms with Crippen molar-refractivity contribution in [3.8, 4) is 0 Å². The van der Waals surface area contributed by atoms with E-state index in [-0.39, 0.29) is 0 Å². The zero-order chi connectivity index (χ0) is 12.3. The van der Waals surface area contributed by atoms with Crippen LogP contribution in [-0.4, -0.2) is 23.0 Å². The maximum atomic E-state index is 5.87. The molecule has 2 rings (SSSR count). The van der Waals surface area contributed by atoms with Crippen molar-refractivity contribution in [2.24, 2.45) is 5.73 Å². The average molecular weight is 237 g/mol. The number of hydrogen-bond donors (Lipinski definition) is 1. The molecule has 1 fully saturated rings. The van der Waals surface area contributed by atoms with Crippen molar-refractivity contribution in [1.29, 1.82) is 0 Å². The summed E-state index contributed by atoms with van der Waals surface area (Å²) in [4.78, 5) is 0. The largest absolute Gasteiger partial charge is 0.381 e. The molecule has 0 spiro atoms. The van der Waals surface area contributed by atoms with E-state index >= 15 is 0 Å². The molecule has 0 unspecified atom stereocenters. The Bertz CT molecular complexity index is 367. The van der Waals surface area contributed by atoms with Crippen molar-refractivity contribution in [3.05, 3.63) is 17.0 Å². The third kappa shape index (κ3) is 2.38. The van der Waals surface area contributed by atoms with E-state index in [9.17, 15) is 0 Å². The minimum absolute atomic E-state index is 0.504. The van der Waals surface area contributed by atoms with E-state index in [2.05, 4.69) is 18.5 Å². The lowest BCUT2D eigenvalue weighted by atomic mass is 10.1. The normalized spacial score (nSPS) is 17.6. The molecule has 4 heteroatoms. The van der Waals surface area contributed by atoms with Crippen LogP contribution in [-0.2, 0) is 24.1 Å². The first-order valence-electron chi connectivity index (χ1n) is 6.68. The number of hydrogen-bond acceptors (Lipinski definition) is 3. The molecule has 0 aliphatic carbocycles. The molecule has 1 aliphatic heterocycles. The summed E-state index contributed by atoms with van der Waals surface area (Å²) in [5, 5.41) is 4.78. The van der Waals surface area contributed by atoms with Gasteiger partial charge in [-0.05, 0) is 25.7 Å². The summed E-state index contributed by atoms with van der Waals surface area (Å²) in [6.45, 7) is 6.65. The van der Waals surface area contributed by atoms with Crippen LogP contribution in [0.2, 0.25) is 0 Å². The Morgan fingerprint density at radius 1 is 1.29 bits per heavy atom. The van der Waals surface area contributed by atoms with E-state index in [0.29, 0.717) is 12.6 Å². The van der Waals surface area contributed by atoms with E-state index in [1.165, 1.54) is 17.0 Å². The molecule has 0 saturated carbocycles. The fraction of sp³-hybridized carbons (Fsp3) is 0.769. The highest BCUT2D eigenvalue weighted by Crippen LogP contribution is 2.26. The molecule has 1 aromatic heterocycles. The Balaban J connectivity index is 2.34. The van der Waals surface area contributed by atoms with Crippen LogP contribution in [0.15, 0.2) is 0 Å². The first-order chi connectivity index (χ1) is 8.31. The molecule has 1 aromatic rings. The summed E-state index contributed by atoms with van der Waals surface area (Å²) in [5.74, 6) is 0. The van der Waals surface area contributed by atoms with Gasteiger partial charge in [0.25, 0.3) is 0 Å². The van der Waals surface area contributed by atoms with Gasteiger partial charge in [-0.3, -0.25) is 4.68 Å². The van der Waals surface area contributed by atoms with Gasteiger partial charge in [0, 0.05) is 31.0 Å². The summed E-state index contributed by atoms with van der Waals surface area (Å²) >= 11 is 0. The summed E-state index contributed by atoms with van der Waals surface area (Å²) < 4.78 is 7.64. The molecule has 1 aliphatic rings. The van der Waals surface area contributed by atoms with Crippen molar-refractivity contribution < 1.29 is 4.74 Å². The molecule has 0 atom stereocenters. The van der Waals surface area contributed by atoms with Gasteiger partial charge >= 0.3 is 0 Å². The monoisotopic (exact) mass is 237 g/mol. The average Bonchev–Trinajstić information content (AvgIpc) is 2.77. The number of ether oxygens (including phenoxy) is 1. The third-order valence-electron chi connectivity index (χ3n) is 3.61. The molecule has 2 heterocycles. The highest BCUT2D eigenvalue weighted by Gasteiger charge is 2.22. The topological polar surface area (TPSA) is 53.1 Å². The first kappa shape index (κ1) is 12.6. The minimum atomic E-state index is 0.504. The maximum absolute atomic E-state index is 5.87. The van der Waals surface area contributed by atoms with E-state index in [1.807, 2.05) is 0 Å². The van der Waals surface area contributed by atoms with Crippen LogP contribution in [0.4, 0.5) is 0 Å². The predicted molar refractivity (Wildman–Crippen MR) is 68.0 cm³/mol. The van der Waals surface area contributed by atoms with Crippen molar-refractivity contribution in [1.82, 2.24) is 9.78 Å². The lowest BCUT2D eigenvalue weighted by Gasteiger charge is -2.24. The highest BCUT2D eigenvalue weighted by atomic mass is 16.5. The van der Waals surface area contributed by atoms with Crippen molar-refractivity contribution in [3.63, 3.8) is 0 Å². The number of aryl methyl sites for hydroxylation is 1. The Morgan fingerprint density at radius 3 is 2.53 bits per heavy atom. The SMILES string of the molecule is CCc1nn(C2CCOCC2)c(CC)c1CN. The van der Waals surface area contributed by atoms with Crippen molar-refractivity contribution in [2.75, 3.05) is 13.2 Å². The van der Waals surface area contributed by atoms with Crippen molar-refractivity contribution in [2.45, 2.75) is 52.1 Å². The molecule has 96 valence electrons. The second-order valence-corrected chi connectivity index (χ2v) is 4.57.